The Bertz CT molecular complexity index is 427. The molecule has 3 rings (SSSR count). The number of aryl methyl sites for hydroxylation is 1. The summed E-state index contributed by atoms with van der Waals surface area (Å²) in [4.78, 5) is 14.4. The largest absolute Gasteiger partial charge is 0.456 e. The molecule has 92 valence electrons. The second kappa shape index (κ2) is 4.18. The molecule has 0 radical (unpaired) electrons. The summed E-state index contributed by atoms with van der Waals surface area (Å²) in [5.41, 5.74) is 0. The highest BCUT2D eigenvalue weighted by Crippen LogP contribution is 2.26. The van der Waals surface area contributed by atoms with Gasteiger partial charge in [0.15, 0.2) is 5.76 Å². The third-order valence-corrected chi connectivity index (χ3v) is 3.84. The lowest BCUT2D eigenvalue weighted by atomic mass is 9.97. The summed E-state index contributed by atoms with van der Waals surface area (Å²) in [6.45, 7) is 3.75. The Kier molecular flexibility index (Phi) is 2.67. The van der Waals surface area contributed by atoms with Crippen molar-refractivity contribution in [1.29, 1.82) is 0 Å². The minimum Gasteiger partial charge on any atom is -0.456 e. The van der Waals surface area contributed by atoms with E-state index in [0.29, 0.717) is 17.8 Å². The van der Waals surface area contributed by atoms with E-state index in [4.69, 9.17) is 4.42 Å². The van der Waals surface area contributed by atoms with Crippen LogP contribution in [0.2, 0.25) is 0 Å². The number of amides is 1. The number of nitrogens with zero attached hydrogens (tertiary/aromatic N) is 1. The van der Waals surface area contributed by atoms with Gasteiger partial charge in [0.2, 0.25) is 0 Å². The Morgan fingerprint density at radius 2 is 2.35 bits per heavy atom. The van der Waals surface area contributed by atoms with Crippen LogP contribution >= 0.6 is 0 Å². The molecule has 0 aliphatic carbocycles. The van der Waals surface area contributed by atoms with Crippen molar-refractivity contribution in [2.45, 2.75) is 38.3 Å². The lowest BCUT2D eigenvalue weighted by molar-refractivity contribution is 0.0566. The summed E-state index contributed by atoms with van der Waals surface area (Å²) >= 11 is 0. The quantitative estimate of drug-likeness (QED) is 0.802. The maximum absolute atomic E-state index is 12.4. The molecule has 1 aromatic heterocycles. The molecule has 0 spiro atoms. The first kappa shape index (κ1) is 10.8. The number of fused-ring (bicyclic) bond motifs is 1. The van der Waals surface area contributed by atoms with Crippen molar-refractivity contribution in [3.05, 3.63) is 23.7 Å². The van der Waals surface area contributed by atoms with Crippen LogP contribution < -0.4 is 5.32 Å². The molecule has 2 saturated heterocycles. The van der Waals surface area contributed by atoms with Crippen molar-refractivity contribution >= 4 is 5.91 Å². The molecule has 0 bridgehead atoms. The van der Waals surface area contributed by atoms with Crippen LogP contribution in [-0.4, -0.2) is 36.0 Å². The molecule has 4 heteroatoms. The number of furan rings is 1. The molecular formula is C13H18N2O2. The van der Waals surface area contributed by atoms with Crippen molar-refractivity contribution in [3.63, 3.8) is 0 Å². The van der Waals surface area contributed by atoms with Crippen LogP contribution in [0.15, 0.2) is 16.5 Å². The van der Waals surface area contributed by atoms with E-state index in [0.717, 1.165) is 31.7 Å². The number of hydrogen-bond donors (Lipinski definition) is 1. The Balaban J connectivity index is 1.81. The van der Waals surface area contributed by atoms with Gasteiger partial charge < -0.3 is 14.6 Å². The van der Waals surface area contributed by atoms with E-state index < -0.39 is 0 Å². The minimum atomic E-state index is 0.0523. The molecular weight excluding hydrogens is 216 g/mol. The number of carbonyl (C=O) groups is 1. The van der Waals surface area contributed by atoms with Gasteiger partial charge in [-0.25, -0.2) is 0 Å². The van der Waals surface area contributed by atoms with Gasteiger partial charge >= 0.3 is 0 Å². The van der Waals surface area contributed by atoms with E-state index in [-0.39, 0.29) is 5.91 Å². The SMILES string of the molecule is Cc1ccc(C(=O)N2CCCC3NCCC32)o1. The van der Waals surface area contributed by atoms with Crippen LogP contribution in [0.4, 0.5) is 0 Å². The third-order valence-electron chi connectivity index (χ3n) is 3.84. The van der Waals surface area contributed by atoms with Crippen LogP contribution in [0.25, 0.3) is 0 Å². The van der Waals surface area contributed by atoms with Crippen molar-refractivity contribution in [3.8, 4) is 0 Å². The highest BCUT2D eigenvalue weighted by Gasteiger charge is 2.38. The van der Waals surface area contributed by atoms with E-state index in [9.17, 15) is 4.79 Å². The Morgan fingerprint density at radius 3 is 3.12 bits per heavy atom. The molecule has 2 aliphatic rings. The summed E-state index contributed by atoms with van der Waals surface area (Å²) in [6, 6.07) is 4.48. The zero-order valence-electron chi connectivity index (χ0n) is 10.1. The topological polar surface area (TPSA) is 45.5 Å². The van der Waals surface area contributed by atoms with Gasteiger partial charge in [0, 0.05) is 18.6 Å². The number of piperidine rings is 1. The van der Waals surface area contributed by atoms with Gasteiger partial charge in [-0.2, -0.15) is 0 Å². The third kappa shape index (κ3) is 1.86. The number of carbonyl (C=O) groups excluding carboxylic acids is 1. The normalized spacial score (nSPS) is 28.2. The van der Waals surface area contributed by atoms with E-state index >= 15 is 0 Å². The van der Waals surface area contributed by atoms with Crippen LogP contribution in [0.5, 0.6) is 0 Å². The highest BCUT2D eigenvalue weighted by molar-refractivity contribution is 5.92. The van der Waals surface area contributed by atoms with Gasteiger partial charge in [-0.05, 0) is 44.9 Å². The van der Waals surface area contributed by atoms with E-state index in [2.05, 4.69) is 5.32 Å². The number of nitrogens with one attached hydrogen (secondary N) is 1. The van der Waals surface area contributed by atoms with E-state index in [1.54, 1.807) is 6.07 Å². The van der Waals surface area contributed by atoms with E-state index in [1.165, 1.54) is 6.42 Å². The fourth-order valence-electron chi connectivity index (χ4n) is 3.01. The molecule has 0 aromatic carbocycles. The Morgan fingerprint density at radius 1 is 1.47 bits per heavy atom. The average Bonchev–Trinajstić information content (AvgIpc) is 2.95. The summed E-state index contributed by atoms with van der Waals surface area (Å²) in [6.07, 6.45) is 3.33. The molecule has 2 unspecified atom stereocenters. The lowest BCUT2D eigenvalue weighted by Crippen LogP contribution is -2.50. The molecule has 17 heavy (non-hydrogen) atoms. The number of hydrogen-bond acceptors (Lipinski definition) is 3. The predicted molar refractivity (Wildman–Crippen MR) is 63.9 cm³/mol. The average molecular weight is 234 g/mol. The highest BCUT2D eigenvalue weighted by atomic mass is 16.3. The van der Waals surface area contributed by atoms with Gasteiger partial charge in [-0.3, -0.25) is 4.79 Å². The summed E-state index contributed by atoms with van der Waals surface area (Å²) < 4.78 is 5.44. The van der Waals surface area contributed by atoms with Gasteiger partial charge in [0.1, 0.15) is 5.76 Å². The zero-order valence-corrected chi connectivity index (χ0v) is 10.1. The number of likely N-dealkylation sites (tertiary alicyclic amines) is 1. The van der Waals surface area contributed by atoms with Crippen LogP contribution in [0, 0.1) is 6.92 Å². The Labute approximate surface area is 101 Å². The monoisotopic (exact) mass is 234 g/mol. The molecule has 1 N–H and O–H groups in total. The van der Waals surface area contributed by atoms with E-state index in [1.807, 2.05) is 17.9 Å². The van der Waals surface area contributed by atoms with Crippen molar-refractivity contribution in [1.82, 2.24) is 10.2 Å². The van der Waals surface area contributed by atoms with Crippen molar-refractivity contribution < 1.29 is 9.21 Å². The summed E-state index contributed by atoms with van der Waals surface area (Å²) in [7, 11) is 0. The predicted octanol–water partition coefficient (Wildman–Crippen LogP) is 1.55. The maximum Gasteiger partial charge on any atom is 0.289 e. The molecule has 1 amide bonds. The molecule has 2 fully saturated rings. The molecule has 1 aromatic rings. The second-order valence-electron chi connectivity index (χ2n) is 4.97. The first-order valence-corrected chi connectivity index (χ1v) is 6.36. The van der Waals surface area contributed by atoms with Crippen molar-refractivity contribution in [2.75, 3.05) is 13.1 Å². The first-order valence-electron chi connectivity index (χ1n) is 6.36. The zero-order chi connectivity index (χ0) is 11.8. The van der Waals surface area contributed by atoms with Gasteiger partial charge in [-0.15, -0.1) is 0 Å². The number of rotatable bonds is 1. The van der Waals surface area contributed by atoms with Gasteiger partial charge in [0.25, 0.3) is 5.91 Å². The maximum atomic E-state index is 12.4. The van der Waals surface area contributed by atoms with Gasteiger partial charge in [0.05, 0.1) is 0 Å². The summed E-state index contributed by atoms with van der Waals surface area (Å²) in [5.74, 6) is 1.33. The first-order chi connectivity index (χ1) is 8.25. The van der Waals surface area contributed by atoms with Gasteiger partial charge in [-0.1, -0.05) is 0 Å². The fourth-order valence-corrected chi connectivity index (χ4v) is 3.01. The molecule has 3 heterocycles. The molecule has 2 aliphatic heterocycles. The van der Waals surface area contributed by atoms with Crippen LogP contribution in [-0.2, 0) is 0 Å². The standard InChI is InChI=1S/C13H18N2O2/c1-9-4-5-12(17-9)13(16)15-8-2-3-10-11(15)6-7-14-10/h4-5,10-11,14H,2-3,6-8H2,1H3. The second-order valence-corrected chi connectivity index (χ2v) is 4.97. The molecule has 2 atom stereocenters. The smallest absolute Gasteiger partial charge is 0.289 e. The fraction of sp³-hybridized carbons (Fsp3) is 0.615. The van der Waals surface area contributed by atoms with Crippen LogP contribution in [0.1, 0.15) is 35.6 Å². The van der Waals surface area contributed by atoms with Crippen molar-refractivity contribution in [2.24, 2.45) is 0 Å². The summed E-state index contributed by atoms with van der Waals surface area (Å²) in [5, 5.41) is 3.48. The van der Waals surface area contributed by atoms with Crippen LogP contribution in [0.3, 0.4) is 0 Å². The minimum absolute atomic E-state index is 0.0523. The molecule has 4 nitrogen and oxygen atoms in total. The Hall–Kier alpha value is -1.29. The lowest BCUT2D eigenvalue weighted by Gasteiger charge is -2.36. The molecule has 0 saturated carbocycles.